The Balaban J connectivity index is 1.41. The monoisotopic (exact) mass is 382 g/mol. The zero-order valence-corrected chi connectivity index (χ0v) is 16.1. The molecule has 4 nitrogen and oxygen atoms in total. The van der Waals surface area contributed by atoms with Crippen molar-refractivity contribution in [3.05, 3.63) is 95.6 Å². The maximum Gasteiger partial charge on any atom is 0.325 e. The van der Waals surface area contributed by atoms with E-state index in [0.29, 0.717) is 6.42 Å². The van der Waals surface area contributed by atoms with E-state index < -0.39 is 5.54 Å². The van der Waals surface area contributed by atoms with E-state index in [0.717, 1.165) is 40.7 Å². The summed E-state index contributed by atoms with van der Waals surface area (Å²) in [6.45, 7) is 0.281. The van der Waals surface area contributed by atoms with Crippen LogP contribution in [0, 0.1) is 0 Å². The highest BCUT2D eigenvalue weighted by molar-refractivity contribution is 6.07. The third kappa shape index (κ3) is 2.92. The van der Waals surface area contributed by atoms with Crippen LogP contribution in [0.25, 0.3) is 11.1 Å². The Bertz CT molecular complexity index is 1080. The molecule has 144 valence electrons. The van der Waals surface area contributed by atoms with Crippen LogP contribution in [0.2, 0.25) is 0 Å². The molecule has 1 N–H and O–H groups in total. The molecule has 3 aromatic rings. The van der Waals surface area contributed by atoms with E-state index in [1.807, 2.05) is 60.7 Å². The van der Waals surface area contributed by atoms with Crippen LogP contribution in [0.4, 0.5) is 4.79 Å². The lowest BCUT2D eigenvalue weighted by atomic mass is 9.76. The van der Waals surface area contributed by atoms with Gasteiger partial charge in [0.15, 0.2) is 0 Å². The summed E-state index contributed by atoms with van der Waals surface area (Å²) in [5.74, 6) is -0.137. The van der Waals surface area contributed by atoms with Crippen LogP contribution in [-0.2, 0) is 23.3 Å². The topological polar surface area (TPSA) is 49.4 Å². The van der Waals surface area contributed by atoms with Crippen LogP contribution in [0.15, 0.2) is 78.9 Å². The minimum Gasteiger partial charge on any atom is -0.319 e. The van der Waals surface area contributed by atoms with Crippen molar-refractivity contribution in [3.63, 3.8) is 0 Å². The summed E-state index contributed by atoms with van der Waals surface area (Å²) in [7, 11) is 0. The van der Waals surface area contributed by atoms with Gasteiger partial charge in [-0.1, -0.05) is 78.9 Å². The van der Waals surface area contributed by atoms with Gasteiger partial charge in [-0.25, -0.2) is 4.79 Å². The van der Waals surface area contributed by atoms with Crippen molar-refractivity contribution in [2.75, 3.05) is 0 Å². The molecule has 0 bridgehead atoms. The molecule has 0 aromatic heterocycles. The number of fused-ring (bicyclic) bond motifs is 2. The summed E-state index contributed by atoms with van der Waals surface area (Å²) in [5, 5.41) is 3.02. The highest BCUT2D eigenvalue weighted by Crippen LogP contribution is 2.40. The average molecular weight is 382 g/mol. The molecular weight excluding hydrogens is 360 g/mol. The largest absolute Gasteiger partial charge is 0.325 e. The first-order chi connectivity index (χ1) is 14.2. The predicted octanol–water partition coefficient (Wildman–Crippen LogP) is 4.64. The second kappa shape index (κ2) is 6.89. The zero-order valence-electron chi connectivity index (χ0n) is 16.1. The Morgan fingerprint density at radius 1 is 0.828 bits per heavy atom. The molecule has 2 aliphatic rings. The highest BCUT2D eigenvalue weighted by Gasteiger charge is 2.53. The van der Waals surface area contributed by atoms with Crippen LogP contribution in [0.3, 0.4) is 0 Å². The van der Waals surface area contributed by atoms with Crippen LogP contribution < -0.4 is 5.32 Å². The van der Waals surface area contributed by atoms with Crippen LogP contribution in [0.5, 0.6) is 0 Å². The van der Waals surface area contributed by atoms with Crippen molar-refractivity contribution < 1.29 is 9.59 Å². The summed E-state index contributed by atoms with van der Waals surface area (Å²) < 4.78 is 0. The fourth-order valence-electron chi connectivity index (χ4n) is 4.57. The Morgan fingerprint density at radius 2 is 1.52 bits per heavy atom. The first kappa shape index (κ1) is 17.7. The smallest absolute Gasteiger partial charge is 0.319 e. The molecule has 1 fully saturated rings. The van der Waals surface area contributed by atoms with Gasteiger partial charge in [-0.15, -0.1) is 0 Å². The molecule has 29 heavy (non-hydrogen) atoms. The van der Waals surface area contributed by atoms with Gasteiger partial charge in [0.1, 0.15) is 5.54 Å². The second-order valence-corrected chi connectivity index (χ2v) is 7.80. The second-order valence-electron chi connectivity index (χ2n) is 7.80. The van der Waals surface area contributed by atoms with Gasteiger partial charge in [-0.3, -0.25) is 9.69 Å². The van der Waals surface area contributed by atoms with Crippen molar-refractivity contribution in [1.82, 2.24) is 10.2 Å². The summed E-state index contributed by atoms with van der Waals surface area (Å²) in [6, 6.07) is 25.9. The Morgan fingerprint density at radius 3 is 2.31 bits per heavy atom. The average Bonchev–Trinajstić information content (AvgIpc) is 3.00. The van der Waals surface area contributed by atoms with Crippen molar-refractivity contribution in [2.45, 2.75) is 31.3 Å². The normalized spacial score (nSPS) is 20.6. The fraction of sp³-hybridized carbons (Fsp3) is 0.200. The Kier molecular flexibility index (Phi) is 4.20. The maximum atomic E-state index is 13.4. The molecule has 1 aliphatic heterocycles. The van der Waals surface area contributed by atoms with Crippen molar-refractivity contribution in [3.8, 4) is 11.1 Å². The summed E-state index contributed by atoms with van der Waals surface area (Å²) in [5.41, 5.74) is 4.40. The molecular formula is C25H22N2O2. The van der Waals surface area contributed by atoms with Crippen LogP contribution in [-0.4, -0.2) is 16.8 Å². The third-order valence-corrected chi connectivity index (χ3v) is 6.05. The SMILES string of the molecule is O=C1N[C@@]2(CCCc3ccccc32)C(=O)N1Cc1ccc(-c2ccccc2)cc1. The van der Waals surface area contributed by atoms with Gasteiger partial charge in [0, 0.05) is 0 Å². The number of nitrogens with zero attached hydrogens (tertiary/aromatic N) is 1. The molecule has 1 saturated heterocycles. The fourth-order valence-corrected chi connectivity index (χ4v) is 4.57. The molecule has 4 heteroatoms. The number of hydrogen-bond donors (Lipinski definition) is 1. The molecule has 0 saturated carbocycles. The predicted molar refractivity (Wildman–Crippen MR) is 112 cm³/mol. The van der Waals surface area contributed by atoms with Crippen LogP contribution in [0.1, 0.15) is 29.5 Å². The molecule has 1 heterocycles. The Labute approximate surface area is 170 Å². The van der Waals surface area contributed by atoms with Crippen molar-refractivity contribution >= 4 is 11.9 Å². The number of urea groups is 1. The lowest BCUT2D eigenvalue weighted by molar-refractivity contribution is -0.132. The van der Waals surface area contributed by atoms with E-state index >= 15 is 0 Å². The van der Waals surface area contributed by atoms with E-state index in [2.05, 4.69) is 23.5 Å². The number of imide groups is 1. The minimum atomic E-state index is -0.907. The summed E-state index contributed by atoms with van der Waals surface area (Å²) in [6.07, 6.45) is 2.49. The molecule has 1 aliphatic carbocycles. The van der Waals surface area contributed by atoms with Gasteiger partial charge in [0.2, 0.25) is 0 Å². The van der Waals surface area contributed by atoms with Gasteiger partial charge in [-0.2, -0.15) is 0 Å². The van der Waals surface area contributed by atoms with Gasteiger partial charge in [0.25, 0.3) is 5.91 Å². The number of hydrogen-bond acceptors (Lipinski definition) is 2. The number of carbonyl (C=O) groups is 2. The molecule has 1 atom stereocenters. The quantitative estimate of drug-likeness (QED) is 0.671. The first-order valence-electron chi connectivity index (χ1n) is 10.0. The number of rotatable bonds is 3. The number of carbonyl (C=O) groups excluding carboxylic acids is 2. The molecule has 3 amide bonds. The lowest BCUT2D eigenvalue weighted by Crippen LogP contribution is -2.46. The van der Waals surface area contributed by atoms with E-state index in [9.17, 15) is 9.59 Å². The number of amides is 3. The van der Waals surface area contributed by atoms with E-state index in [1.54, 1.807) is 0 Å². The molecule has 5 rings (SSSR count). The summed E-state index contributed by atoms with van der Waals surface area (Å²) >= 11 is 0. The van der Waals surface area contributed by atoms with E-state index in [4.69, 9.17) is 0 Å². The standard InChI is InChI=1S/C25H22N2O2/c28-23-25(16-6-10-21-9-4-5-11-22(21)25)26-24(29)27(23)17-18-12-14-20(15-13-18)19-7-2-1-3-8-19/h1-5,7-9,11-15H,6,10,16-17H2,(H,26,29)/t25-/m1/s1. The van der Waals surface area contributed by atoms with Gasteiger partial charge in [0.05, 0.1) is 6.54 Å². The molecule has 3 aromatic carbocycles. The molecule has 0 radical (unpaired) electrons. The Hall–Kier alpha value is -3.40. The minimum absolute atomic E-state index is 0.137. The van der Waals surface area contributed by atoms with Crippen molar-refractivity contribution in [1.29, 1.82) is 0 Å². The van der Waals surface area contributed by atoms with Gasteiger partial charge < -0.3 is 5.32 Å². The zero-order chi connectivity index (χ0) is 19.8. The maximum absolute atomic E-state index is 13.4. The van der Waals surface area contributed by atoms with Crippen molar-refractivity contribution in [2.24, 2.45) is 0 Å². The molecule has 1 spiro atoms. The highest BCUT2D eigenvalue weighted by atomic mass is 16.2. The summed E-state index contributed by atoms with van der Waals surface area (Å²) in [4.78, 5) is 27.5. The van der Waals surface area contributed by atoms with Gasteiger partial charge >= 0.3 is 6.03 Å². The molecule has 0 unspecified atom stereocenters. The van der Waals surface area contributed by atoms with E-state index in [-0.39, 0.29) is 18.5 Å². The number of nitrogens with one attached hydrogen (secondary N) is 1. The third-order valence-electron chi connectivity index (χ3n) is 6.05. The van der Waals surface area contributed by atoms with Crippen LogP contribution >= 0.6 is 0 Å². The van der Waals surface area contributed by atoms with E-state index in [1.165, 1.54) is 4.90 Å². The number of benzene rings is 3. The lowest BCUT2D eigenvalue weighted by Gasteiger charge is -2.33. The van der Waals surface area contributed by atoms with Gasteiger partial charge in [-0.05, 0) is 47.1 Å². The number of aryl methyl sites for hydroxylation is 1. The first-order valence-corrected chi connectivity index (χ1v) is 10.0.